The summed E-state index contributed by atoms with van der Waals surface area (Å²) in [4.78, 5) is 29.5. The Morgan fingerprint density at radius 3 is 2.27 bits per heavy atom. The molecule has 1 heterocycles. The normalized spacial score (nSPS) is 14.1. The van der Waals surface area contributed by atoms with Crippen molar-refractivity contribution in [2.75, 3.05) is 17.8 Å². The second-order valence-corrected chi connectivity index (χ2v) is 10.7. The van der Waals surface area contributed by atoms with Crippen LogP contribution in [-0.2, 0) is 16.6 Å². The molecule has 9 heteroatoms. The predicted molar refractivity (Wildman–Crippen MR) is 157 cm³/mol. The number of thioether (sulfide) groups is 1. The van der Waals surface area contributed by atoms with Crippen LogP contribution in [0.15, 0.2) is 90.1 Å². The molecule has 1 N–H and O–H groups in total. The number of methoxy groups -OCH3 is 1. The van der Waals surface area contributed by atoms with Crippen molar-refractivity contribution in [3.63, 3.8) is 0 Å². The lowest BCUT2D eigenvalue weighted by Gasteiger charge is -2.32. The van der Waals surface area contributed by atoms with Crippen molar-refractivity contribution < 1.29 is 14.3 Å². The molecule has 3 aromatic carbocycles. The van der Waals surface area contributed by atoms with Crippen LogP contribution in [0.4, 0.5) is 5.69 Å². The topological polar surface area (TPSA) is 89.3 Å². The van der Waals surface area contributed by atoms with E-state index in [0.29, 0.717) is 16.6 Å². The summed E-state index contributed by atoms with van der Waals surface area (Å²) in [6.07, 6.45) is 4.10. The summed E-state index contributed by atoms with van der Waals surface area (Å²) in [6.45, 7) is 0. The molecule has 0 saturated heterocycles. The average molecular weight is 556 g/mol. The third-order valence-corrected chi connectivity index (χ3v) is 8.14. The summed E-state index contributed by atoms with van der Waals surface area (Å²) >= 11 is 1.30. The summed E-state index contributed by atoms with van der Waals surface area (Å²) in [5.74, 6) is 1.07. The number of carbonyl (C=O) groups excluding carboxylic acids is 2. The van der Waals surface area contributed by atoms with Crippen LogP contribution in [0.2, 0.25) is 0 Å². The summed E-state index contributed by atoms with van der Waals surface area (Å²) in [7, 11) is 3.49. The van der Waals surface area contributed by atoms with Gasteiger partial charge in [0.25, 0.3) is 0 Å². The summed E-state index contributed by atoms with van der Waals surface area (Å²) < 4.78 is 7.22. The van der Waals surface area contributed by atoms with E-state index in [4.69, 9.17) is 4.74 Å². The van der Waals surface area contributed by atoms with Crippen LogP contribution in [0.25, 0.3) is 11.4 Å². The molecule has 4 aromatic rings. The van der Waals surface area contributed by atoms with Crippen LogP contribution in [-0.4, -0.2) is 45.5 Å². The number of anilines is 1. The zero-order valence-electron chi connectivity index (χ0n) is 22.7. The summed E-state index contributed by atoms with van der Waals surface area (Å²) in [5, 5.41) is 12.5. The fraction of sp³-hybridized carbons (Fsp3) is 0.290. The van der Waals surface area contributed by atoms with E-state index < -0.39 is 6.04 Å². The average Bonchev–Trinajstić information content (AvgIpc) is 3.64. The first-order chi connectivity index (χ1) is 19.5. The molecule has 1 aromatic heterocycles. The lowest BCUT2D eigenvalue weighted by Crippen LogP contribution is -2.47. The van der Waals surface area contributed by atoms with Gasteiger partial charge in [-0.05, 0) is 42.7 Å². The second kappa shape index (κ2) is 12.8. The van der Waals surface area contributed by atoms with Gasteiger partial charge >= 0.3 is 0 Å². The van der Waals surface area contributed by atoms with E-state index >= 15 is 0 Å². The molecule has 8 nitrogen and oxygen atoms in total. The lowest BCUT2D eigenvalue weighted by atomic mass is 10.0. The van der Waals surface area contributed by atoms with E-state index in [2.05, 4.69) is 15.5 Å². The van der Waals surface area contributed by atoms with Gasteiger partial charge in [-0.3, -0.25) is 14.5 Å². The molecule has 1 saturated carbocycles. The van der Waals surface area contributed by atoms with Crippen molar-refractivity contribution in [1.82, 2.24) is 20.1 Å². The number of benzene rings is 3. The minimum absolute atomic E-state index is 0.0762. The molecule has 206 valence electrons. The number of nitrogens with one attached hydrogen (secondary N) is 1. The molecule has 0 aliphatic heterocycles. The number of carbonyl (C=O) groups is 2. The zero-order valence-corrected chi connectivity index (χ0v) is 23.5. The van der Waals surface area contributed by atoms with Gasteiger partial charge in [0.2, 0.25) is 11.8 Å². The van der Waals surface area contributed by atoms with E-state index in [0.717, 1.165) is 42.6 Å². The third kappa shape index (κ3) is 6.20. The van der Waals surface area contributed by atoms with Crippen LogP contribution < -0.4 is 15.0 Å². The Kier molecular flexibility index (Phi) is 8.81. The van der Waals surface area contributed by atoms with E-state index in [1.807, 2.05) is 84.4 Å². The van der Waals surface area contributed by atoms with E-state index in [-0.39, 0.29) is 23.6 Å². The molecule has 0 bridgehead atoms. The van der Waals surface area contributed by atoms with Gasteiger partial charge in [0.05, 0.1) is 12.9 Å². The van der Waals surface area contributed by atoms with E-state index in [1.165, 1.54) is 11.8 Å². The van der Waals surface area contributed by atoms with Crippen LogP contribution in [0, 0.1) is 0 Å². The SMILES string of the molecule is COc1ccc(N(C(=O)CSc2nnc(-c3ccccc3)n2C)[C@H](C(=O)NC2CCCC2)c2ccccc2)cc1. The van der Waals surface area contributed by atoms with Crippen molar-refractivity contribution in [1.29, 1.82) is 0 Å². The van der Waals surface area contributed by atoms with Crippen molar-refractivity contribution in [3.05, 3.63) is 90.5 Å². The highest BCUT2D eigenvalue weighted by Gasteiger charge is 2.34. The smallest absolute Gasteiger partial charge is 0.248 e. The molecular weight excluding hydrogens is 522 g/mol. The fourth-order valence-corrected chi connectivity index (χ4v) is 5.83. The first-order valence-corrected chi connectivity index (χ1v) is 14.4. The number of hydrogen-bond donors (Lipinski definition) is 1. The molecule has 1 fully saturated rings. The van der Waals surface area contributed by atoms with Crippen LogP contribution >= 0.6 is 11.8 Å². The Balaban J connectivity index is 1.45. The maximum atomic E-state index is 14.1. The number of rotatable bonds is 10. The number of amides is 2. The van der Waals surface area contributed by atoms with Crippen LogP contribution in [0.3, 0.4) is 0 Å². The minimum atomic E-state index is -0.831. The van der Waals surface area contributed by atoms with E-state index in [9.17, 15) is 9.59 Å². The number of ether oxygens (including phenoxy) is 1. The Morgan fingerprint density at radius 2 is 1.62 bits per heavy atom. The first kappa shape index (κ1) is 27.5. The van der Waals surface area contributed by atoms with Crippen molar-refractivity contribution in [2.24, 2.45) is 7.05 Å². The highest BCUT2D eigenvalue weighted by molar-refractivity contribution is 7.99. The van der Waals surface area contributed by atoms with Gasteiger partial charge in [-0.25, -0.2) is 0 Å². The maximum Gasteiger partial charge on any atom is 0.248 e. The standard InChI is InChI=1S/C31H33N5O3S/c1-35-29(23-13-7-4-8-14-23)33-34-31(35)40-21-27(37)36(25-17-19-26(39-2)20-18-25)28(22-11-5-3-6-12-22)30(38)32-24-15-9-10-16-24/h3-8,11-14,17-20,24,28H,9-10,15-16,21H2,1-2H3,(H,32,38)/t28-/m0/s1. The largest absolute Gasteiger partial charge is 0.497 e. The predicted octanol–water partition coefficient (Wildman–Crippen LogP) is 5.42. The van der Waals surface area contributed by atoms with E-state index in [1.54, 1.807) is 24.1 Å². The van der Waals surface area contributed by atoms with Gasteiger partial charge in [0.1, 0.15) is 11.8 Å². The molecule has 5 rings (SSSR count). The number of aromatic nitrogens is 3. The fourth-order valence-electron chi connectivity index (χ4n) is 5.06. The molecule has 1 aliphatic carbocycles. The Bertz CT molecular complexity index is 1420. The molecule has 40 heavy (non-hydrogen) atoms. The molecule has 0 spiro atoms. The molecule has 2 amide bonds. The molecule has 1 aliphatic rings. The lowest BCUT2D eigenvalue weighted by molar-refractivity contribution is -0.126. The second-order valence-electron chi connectivity index (χ2n) is 9.78. The summed E-state index contributed by atoms with van der Waals surface area (Å²) in [5.41, 5.74) is 2.31. The van der Waals surface area contributed by atoms with Gasteiger partial charge in [-0.2, -0.15) is 0 Å². The number of nitrogens with zero attached hydrogens (tertiary/aromatic N) is 4. The molecule has 1 atom stereocenters. The Labute approximate surface area is 238 Å². The Morgan fingerprint density at radius 1 is 0.975 bits per heavy atom. The first-order valence-electron chi connectivity index (χ1n) is 13.4. The Hall–Kier alpha value is -4.11. The van der Waals surface area contributed by atoms with Gasteiger partial charge in [-0.1, -0.05) is 85.3 Å². The zero-order chi connectivity index (χ0) is 27.9. The van der Waals surface area contributed by atoms with Gasteiger partial charge in [-0.15, -0.1) is 10.2 Å². The third-order valence-electron chi connectivity index (χ3n) is 7.13. The maximum absolute atomic E-state index is 14.1. The molecule has 0 radical (unpaired) electrons. The molecule has 0 unspecified atom stereocenters. The van der Waals surface area contributed by atoms with Gasteiger partial charge < -0.3 is 14.6 Å². The highest BCUT2D eigenvalue weighted by Crippen LogP contribution is 2.32. The molecular formula is C31H33N5O3S. The minimum Gasteiger partial charge on any atom is -0.497 e. The summed E-state index contributed by atoms with van der Waals surface area (Å²) in [6, 6.07) is 25.8. The van der Waals surface area contributed by atoms with Gasteiger partial charge in [0, 0.05) is 24.3 Å². The highest BCUT2D eigenvalue weighted by atomic mass is 32.2. The van der Waals surface area contributed by atoms with Crippen molar-refractivity contribution in [2.45, 2.75) is 42.9 Å². The van der Waals surface area contributed by atoms with Crippen LogP contribution in [0.1, 0.15) is 37.3 Å². The quantitative estimate of drug-likeness (QED) is 0.263. The van der Waals surface area contributed by atoms with Crippen molar-refractivity contribution in [3.8, 4) is 17.1 Å². The van der Waals surface area contributed by atoms with Gasteiger partial charge in [0.15, 0.2) is 11.0 Å². The monoisotopic (exact) mass is 555 g/mol. The van der Waals surface area contributed by atoms with Crippen molar-refractivity contribution >= 4 is 29.3 Å². The number of hydrogen-bond acceptors (Lipinski definition) is 6. The van der Waals surface area contributed by atoms with Crippen LogP contribution in [0.5, 0.6) is 5.75 Å².